The number of furan rings is 1. The monoisotopic (exact) mass is 579 g/mol. The van der Waals surface area contributed by atoms with Crippen LogP contribution in [0.15, 0.2) is 33.8 Å². The van der Waals surface area contributed by atoms with Crippen molar-refractivity contribution in [2.24, 2.45) is 5.73 Å². The van der Waals surface area contributed by atoms with Gasteiger partial charge in [0, 0.05) is 37.8 Å². The minimum Gasteiger partial charge on any atom is -0.459 e. The van der Waals surface area contributed by atoms with Crippen molar-refractivity contribution in [3.05, 3.63) is 45.9 Å². The topological polar surface area (TPSA) is 148 Å². The second kappa shape index (κ2) is 10.5. The molecule has 2 aliphatic heterocycles. The number of nitrogens with one attached hydrogen (secondary N) is 3. The molecule has 4 aromatic rings. The van der Waals surface area contributed by atoms with E-state index < -0.39 is 0 Å². The van der Waals surface area contributed by atoms with Gasteiger partial charge in [-0.3, -0.25) is 9.59 Å². The first kappa shape index (κ1) is 25.4. The molecule has 40 heavy (non-hydrogen) atoms. The molecule has 11 nitrogen and oxygen atoms in total. The van der Waals surface area contributed by atoms with Gasteiger partial charge in [-0.2, -0.15) is 0 Å². The van der Waals surface area contributed by atoms with Gasteiger partial charge >= 0.3 is 0 Å². The van der Waals surface area contributed by atoms with Crippen molar-refractivity contribution in [2.45, 2.75) is 44.3 Å². The molecule has 1 aliphatic carbocycles. The van der Waals surface area contributed by atoms with Crippen molar-refractivity contribution in [1.29, 1.82) is 0 Å². The van der Waals surface area contributed by atoms with Crippen molar-refractivity contribution < 1.29 is 13.9 Å². The van der Waals surface area contributed by atoms with Crippen LogP contribution in [0, 0.1) is 0 Å². The fourth-order valence-electron chi connectivity index (χ4n) is 5.54. The van der Waals surface area contributed by atoms with E-state index in [4.69, 9.17) is 19.9 Å². The van der Waals surface area contributed by atoms with Crippen LogP contribution in [0.4, 0.5) is 21.6 Å². The molecule has 7 rings (SSSR count). The lowest BCUT2D eigenvalue weighted by atomic mass is 9.91. The zero-order chi connectivity index (χ0) is 27.2. The van der Waals surface area contributed by atoms with Gasteiger partial charge in [0.2, 0.25) is 5.43 Å². The Balaban J connectivity index is 1.19. The van der Waals surface area contributed by atoms with Gasteiger partial charge in [0.05, 0.1) is 40.2 Å². The molecule has 0 radical (unpaired) electrons. The molecule has 2 fully saturated rings. The Morgan fingerprint density at radius 1 is 1.12 bits per heavy atom. The number of carbonyl (C=O) groups is 1. The van der Waals surface area contributed by atoms with Gasteiger partial charge in [-0.15, -0.1) is 11.3 Å². The molecular weight excluding hydrogens is 550 g/mol. The van der Waals surface area contributed by atoms with Crippen LogP contribution in [-0.4, -0.2) is 54.3 Å². The van der Waals surface area contributed by atoms with E-state index in [0.29, 0.717) is 47.5 Å². The maximum Gasteiger partial charge on any atom is 0.255 e. The van der Waals surface area contributed by atoms with E-state index >= 15 is 0 Å². The third-order valence-corrected chi connectivity index (χ3v) is 9.79. The largest absolute Gasteiger partial charge is 0.459 e. The molecule has 1 saturated heterocycles. The fraction of sp³-hybridized carbons (Fsp3) is 0.407. The lowest BCUT2D eigenvalue weighted by molar-refractivity contribution is 0.0966. The van der Waals surface area contributed by atoms with Crippen LogP contribution in [0.25, 0.3) is 20.9 Å². The number of nitrogens with zero attached hydrogens (tertiary/aromatic N) is 3. The fourth-order valence-corrected chi connectivity index (χ4v) is 7.61. The predicted molar refractivity (Wildman–Crippen MR) is 157 cm³/mol. The number of anilines is 4. The number of nitrogens with two attached hydrogens (primary N) is 1. The number of thiazole rings is 1. The third-order valence-electron chi connectivity index (χ3n) is 7.65. The number of rotatable bonds is 6. The predicted octanol–water partition coefficient (Wildman–Crippen LogP) is 3.88. The van der Waals surface area contributed by atoms with E-state index in [2.05, 4.69) is 25.8 Å². The molecule has 0 bridgehead atoms. The summed E-state index contributed by atoms with van der Waals surface area (Å²) in [5, 5.41) is 12.1. The molecule has 0 spiro atoms. The zero-order valence-electron chi connectivity index (χ0n) is 21.7. The number of hydrogen-bond acceptors (Lipinski definition) is 12. The van der Waals surface area contributed by atoms with Gasteiger partial charge in [-0.1, -0.05) is 24.2 Å². The van der Waals surface area contributed by atoms with E-state index in [9.17, 15) is 9.59 Å². The van der Waals surface area contributed by atoms with Crippen LogP contribution in [0.3, 0.4) is 0 Å². The Morgan fingerprint density at radius 3 is 2.83 bits per heavy atom. The standard InChI is InChI=1S/C27H29N7O4S2/c28-16-3-1-2-4-17(16)31-19-9-14-11-29-26(36)22(14)25(32-19)33-20-12-30-27(39-20)15-13-38-23-18(35)10-21(40-24(15)23)34-5-7-37-8-6-34/h9-10,12-13,16-17H,1-8,11,28H2,(H,29,36)(H2,31,32,33)/t16-,17+/m1/s1. The number of aromatic nitrogens is 2. The summed E-state index contributed by atoms with van der Waals surface area (Å²) in [6, 6.07) is 3.80. The van der Waals surface area contributed by atoms with Gasteiger partial charge in [0.25, 0.3) is 5.91 Å². The Morgan fingerprint density at radius 2 is 1.98 bits per heavy atom. The Labute approximate surface area is 237 Å². The highest BCUT2D eigenvalue weighted by Gasteiger charge is 2.28. The number of hydrogen-bond donors (Lipinski definition) is 4. The smallest absolute Gasteiger partial charge is 0.255 e. The number of amides is 1. The average Bonchev–Trinajstić information content (AvgIpc) is 3.69. The van der Waals surface area contributed by atoms with Crippen molar-refractivity contribution in [2.75, 3.05) is 41.8 Å². The normalized spacial score (nSPS) is 20.9. The summed E-state index contributed by atoms with van der Waals surface area (Å²) >= 11 is 2.94. The summed E-state index contributed by atoms with van der Waals surface area (Å²) in [6.45, 7) is 3.21. The zero-order valence-corrected chi connectivity index (χ0v) is 23.3. The molecule has 0 aromatic carbocycles. The van der Waals surface area contributed by atoms with Crippen LogP contribution in [0.2, 0.25) is 0 Å². The first-order chi connectivity index (χ1) is 19.5. The lowest BCUT2D eigenvalue weighted by Crippen LogP contribution is -2.42. The highest BCUT2D eigenvalue weighted by molar-refractivity contribution is 7.23. The minimum absolute atomic E-state index is 0.0771. The van der Waals surface area contributed by atoms with Crippen molar-refractivity contribution in [3.8, 4) is 10.6 Å². The summed E-state index contributed by atoms with van der Waals surface area (Å²) in [5.74, 6) is 1.02. The summed E-state index contributed by atoms with van der Waals surface area (Å²) in [4.78, 5) is 37.1. The summed E-state index contributed by atoms with van der Waals surface area (Å²) in [7, 11) is 0. The molecule has 1 amide bonds. The van der Waals surface area contributed by atoms with Crippen molar-refractivity contribution >= 4 is 60.5 Å². The number of fused-ring (bicyclic) bond motifs is 2. The molecular formula is C27H29N7O4S2. The molecule has 208 valence electrons. The molecule has 13 heteroatoms. The van der Waals surface area contributed by atoms with Gasteiger partial charge in [-0.05, 0) is 24.5 Å². The second-order valence-electron chi connectivity index (χ2n) is 10.3. The van der Waals surface area contributed by atoms with Crippen LogP contribution in [0.5, 0.6) is 0 Å². The van der Waals surface area contributed by atoms with Gasteiger partial charge in [0.1, 0.15) is 27.9 Å². The first-order valence-electron chi connectivity index (χ1n) is 13.5. The molecule has 6 heterocycles. The molecule has 2 atom stereocenters. The Kier molecular flexibility index (Phi) is 6.66. The number of carbonyl (C=O) groups excluding carboxylic acids is 1. The highest BCUT2D eigenvalue weighted by Crippen LogP contribution is 2.40. The van der Waals surface area contributed by atoms with E-state index in [1.54, 1.807) is 18.5 Å². The number of pyridine rings is 1. The highest BCUT2D eigenvalue weighted by atomic mass is 32.1. The van der Waals surface area contributed by atoms with Gasteiger partial charge in [-0.25, -0.2) is 9.97 Å². The Bertz CT molecular complexity index is 1640. The van der Waals surface area contributed by atoms with Gasteiger partial charge < -0.3 is 35.7 Å². The van der Waals surface area contributed by atoms with E-state index in [0.717, 1.165) is 64.6 Å². The van der Waals surface area contributed by atoms with Crippen LogP contribution < -0.4 is 32.0 Å². The van der Waals surface area contributed by atoms with E-state index in [1.807, 2.05) is 6.07 Å². The molecule has 5 N–H and O–H groups in total. The van der Waals surface area contributed by atoms with Crippen LogP contribution in [0.1, 0.15) is 41.6 Å². The molecule has 4 aromatic heterocycles. The van der Waals surface area contributed by atoms with Crippen molar-refractivity contribution in [3.63, 3.8) is 0 Å². The maximum absolute atomic E-state index is 12.8. The SMILES string of the molecule is N[C@@H]1CCCC[C@@H]1Nc1cc2c(c(Nc3cnc(-c4coc5c(=O)cc(N6CCOCC6)sc45)s3)n1)C(=O)NC2. The molecule has 0 unspecified atom stereocenters. The molecule has 3 aliphatic rings. The average molecular weight is 580 g/mol. The third kappa shape index (κ3) is 4.72. The maximum atomic E-state index is 12.8. The second-order valence-corrected chi connectivity index (χ2v) is 12.3. The quantitative estimate of drug-likeness (QED) is 0.265. The van der Waals surface area contributed by atoms with E-state index in [-0.39, 0.29) is 23.4 Å². The Hall–Kier alpha value is -3.52. The first-order valence-corrected chi connectivity index (χ1v) is 15.1. The number of ether oxygens (including phenoxy) is 1. The van der Waals surface area contributed by atoms with Crippen molar-refractivity contribution in [1.82, 2.24) is 15.3 Å². The minimum atomic E-state index is -0.156. The summed E-state index contributed by atoms with van der Waals surface area (Å²) in [6.07, 6.45) is 7.57. The number of morpholine rings is 1. The van der Waals surface area contributed by atoms with E-state index in [1.165, 1.54) is 22.7 Å². The van der Waals surface area contributed by atoms with Crippen LogP contribution >= 0.6 is 22.7 Å². The summed E-state index contributed by atoms with van der Waals surface area (Å²) < 4.78 is 11.9. The van der Waals surface area contributed by atoms with Gasteiger partial charge in [0.15, 0.2) is 5.58 Å². The summed E-state index contributed by atoms with van der Waals surface area (Å²) in [5.41, 5.74) is 8.73. The van der Waals surface area contributed by atoms with Crippen LogP contribution in [-0.2, 0) is 11.3 Å². The molecule has 1 saturated carbocycles. The lowest BCUT2D eigenvalue weighted by Gasteiger charge is -2.30.